The molecule has 1 saturated carbocycles. The second kappa shape index (κ2) is 10.2. The van der Waals surface area contributed by atoms with Gasteiger partial charge in [0.1, 0.15) is 11.9 Å². The minimum atomic E-state index is -0.614. The van der Waals surface area contributed by atoms with E-state index in [9.17, 15) is 9.59 Å². The van der Waals surface area contributed by atoms with Gasteiger partial charge in [0.25, 0.3) is 5.91 Å². The zero-order chi connectivity index (χ0) is 22.6. The number of amides is 2. The highest BCUT2D eigenvalue weighted by atomic mass is 16.2. The van der Waals surface area contributed by atoms with Crippen molar-refractivity contribution >= 4 is 11.8 Å². The van der Waals surface area contributed by atoms with Crippen LogP contribution in [0.15, 0.2) is 0 Å². The van der Waals surface area contributed by atoms with E-state index in [-0.39, 0.29) is 11.8 Å². The fourth-order valence-electron chi connectivity index (χ4n) is 5.00. The standard InChI is InChI=1S/C24H41N5O2/c1-24(2,3)21(23(31)25-4)27-22(30)20-18-16-28(5)14-9-15-29(18)19(26-20)13-12-17-10-7-6-8-11-17/h17,21H,6-16H2,1-5H3,(H,25,31)(H,27,30). The summed E-state index contributed by atoms with van der Waals surface area (Å²) >= 11 is 0. The number of likely N-dealkylation sites (N-methyl/N-ethyl adjacent to an activating group) is 1. The normalized spacial score (nSPS) is 19.4. The van der Waals surface area contributed by atoms with Crippen molar-refractivity contribution in [2.24, 2.45) is 11.3 Å². The Bertz CT molecular complexity index is 774. The third kappa shape index (κ3) is 5.88. The Morgan fingerprint density at radius 1 is 1.13 bits per heavy atom. The van der Waals surface area contributed by atoms with Crippen LogP contribution in [0.4, 0.5) is 0 Å². The van der Waals surface area contributed by atoms with Crippen molar-refractivity contribution in [2.45, 2.75) is 91.3 Å². The first-order valence-electron chi connectivity index (χ1n) is 12.0. The molecule has 2 amide bonds. The molecule has 1 aliphatic carbocycles. The summed E-state index contributed by atoms with van der Waals surface area (Å²) in [4.78, 5) is 32.9. The van der Waals surface area contributed by atoms with E-state index in [0.717, 1.165) is 49.8 Å². The van der Waals surface area contributed by atoms with E-state index in [1.54, 1.807) is 7.05 Å². The van der Waals surface area contributed by atoms with Gasteiger partial charge in [-0.15, -0.1) is 0 Å². The lowest BCUT2D eigenvalue weighted by Gasteiger charge is -2.29. The molecule has 0 spiro atoms. The molecule has 1 fully saturated rings. The topological polar surface area (TPSA) is 79.3 Å². The Kier molecular flexibility index (Phi) is 7.78. The van der Waals surface area contributed by atoms with Crippen LogP contribution in [0.2, 0.25) is 0 Å². The first-order chi connectivity index (χ1) is 14.7. The number of carbonyl (C=O) groups excluding carboxylic acids is 2. The Morgan fingerprint density at radius 3 is 2.48 bits per heavy atom. The number of nitrogens with one attached hydrogen (secondary N) is 2. The van der Waals surface area contributed by atoms with Crippen LogP contribution >= 0.6 is 0 Å². The highest BCUT2D eigenvalue weighted by molar-refractivity contribution is 5.97. The van der Waals surface area contributed by atoms with Gasteiger partial charge in [0.2, 0.25) is 5.91 Å². The van der Waals surface area contributed by atoms with Gasteiger partial charge in [0.15, 0.2) is 5.69 Å². The van der Waals surface area contributed by atoms with E-state index < -0.39 is 11.5 Å². The number of fused-ring (bicyclic) bond motifs is 1. The number of hydrogen-bond acceptors (Lipinski definition) is 4. The fourth-order valence-corrected chi connectivity index (χ4v) is 5.00. The molecule has 2 aliphatic rings. The summed E-state index contributed by atoms with van der Waals surface area (Å²) in [5.41, 5.74) is 1.08. The average Bonchev–Trinajstić information content (AvgIpc) is 2.94. The maximum absolute atomic E-state index is 13.3. The second-order valence-electron chi connectivity index (χ2n) is 10.5. The van der Waals surface area contributed by atoms with Crippen molar-refractivity contribution in [1.29, 1.82) is 0 Å². The molecule has 1 aromatic rings. The van der Waals surface area contributed by atoms with Crippen molar-refractivity contribution in [3.05, 3.63) is 17.2 Å². The van der Waals surface area contributed by atoms with Gasteiger partial charge >= 0.3 is 0 Å². The predicted octanol–water partition coefficient (Wildman–Crippen LogP) is 3.12. The molecular weight excluding hydrogens is 390 g/mol. The molecule has 31 heavy (non-hydrogen) atoms. The highest BCUT2D eigenvalue weighted by Gasteiger charge is 2.34. The van der Waals surface area contributed by atoms with E-state index >= 15 is 0 Å². The molecule has 3 rings (SSSR count). The van der Waals surface area contributed by atoms with Gasteiger partial charge in [-0.25, -0.2) is 4.98 Å². The lowest BCUT2D eigenvalue weighted by molar-refractivity contribution is -0.124. The third-order valence-electron chi connectivity index (χ3n) is 6.86. The summed E-state index contributed by atoms with van der Waals surface area (Å²) in [6.45, 7) is 8.50. The van der Waals surface area contributed by atoms with Gasteiger partial charge in [-0.1, -0.05) is 52.9 Å². The van der Waals surface area contributed by atoms with E-state index in [0.29, 0.717) is 12.2 Å². The molecule has 1 aliphatic heterocycles. The molecular formula is C24H41N5O2. The zero-order valence-electron chi connectivity index (χ0n) is 20.1. The number of rotatable bonds is 6. The molecule has 174 valence electrons. The molecule has 0 bridgehead atoms. The minimum Gasteiger partial charge on any atom is -0.357 e. The largest absolute Gasteiger partial charge is 0.357 e. The van der Waals surface area contributed by atoms with Crippen LogP contribution in [-0.4, -0.2) is 52.9 Å². The fraction of sp³-hybridized carbons (Fsp3) is 0.792. The lowest BCUT2D eigenvalue weighted by atomic mass is 9.86. The monoisotopic (exact) mass is 431 g/mol. The number of hydrogen-bond donors (Lipinski definition) is 2. The van der Waals surface area contributed by atoms with E-state index in [4.69, 9.17) is 4.98 Å². The van der Waals surface area contributed by atoms with Gasteiger partial charge in [0.05, 0.1) is 5.69 Å². The molecule has 1 aromatic heterocycles. The maximum Gasteiger partial charge on any atom is 0.272 e. The first kappa shape index (κ1) is 23.8. The predicted molar refractivity (Wildman–Crippen MR) is 123 cm³/mol. The molecule has 2 heterocycles. The van der Waals surface area contributed by atoms with Gasteiger partial charge in [-0.05, 0) is 37.8 Å². The summed E-state index contributed by atoms with van der Waals surface area (Å²) in [6, 6.07) is -0.614. The van der Waals surface area contributed by atoms with Crippen LogP contribution in [0.1, 0.15) is 87.7 Å². The minimum absolute atomic E-state index is 0.180. The molecule has 2 N–H and O–H groups in total. The van der Waals surface area contributed by atoms with Crippen LogP contribution in [0.5, 0.6) is 0 Å². The van der Waals surface area contributed by atoms with Crippen LogP contribution in [0.3, 0.4) is 0 Å². The van der Waals surface area contributed by atoms with Gasteiger partial charge in [0, 0.05) is 26.6 Å². The second-order valence-corrected chi connectivity index (χ2v) is 10.5. The number of aromatic nitrogens is 2. The Balaban J connectivity index is 1.85. The number of carbonyl (C=O) groups is 2. The van der Waals surface area contributed by atoms with E-state index in [2.05, 4.69) is 27.1 Å². The summed E-state index contributed by atoms with van der Waals surface area (Å²) < 4.78 is 2.28. The summed E-state index contributed by atoms with van der Waals surface area (Å²) in [5, 5.41) is 5.66. The Hall–Kier alpha value is -1.89. The van der Waals surface area contributed by atoms with E-state index in [1.807, 2.05) is 20.8 Å². The smallest absolute Gasteiger partial charge is 0.272 e. The number of imidazole rings is 1. The molecule has 7 nitrogen and oxygen atoms in total. The van der Waals surface area contributed by atoms with Crippen molar-refractivity contribution in [3.63, 3.8) is 0 Å². The summed E-state index contributed by atoms with van der Waals surface area (Å²) in [7, 11) is 3.70. The number of aryl methyl sites for hydroxylation is 1. The SMILES string of the molecule is CNC(=O)C(NC(=O)c1nc(CCC2CCCCC2)n2c1CN(C)CCC2)C(C)(C)C. The molecule has 0 saturated heterocycles. The molecule has 7 heteroatoms. The van der Waals surface area contributed by atoms with Crippen LogP contribution in [-0.2, 0) is 24.3 Å². The lowest BCUT2D eigenvalue weighted by Crippen LogP contribution is -2.53. The zero-order valence-corrected chi connectivity index (χ0v) is 20.1. The molecule has 1 unspecified atom stereocenters. The van der Waals surface area contributed by atoms with Gasteiger partial charge < -0.3 is 20.1 Å². The van der Waals surface area contributed by atoms with Gasteiger partial charge in [-0.3, -0.25) is 9.59 Å². The van der Waals surface area contributed by atoms with E-state index in [1.165, 1.54) is 32.1 Å². The molecule has 1 atom stereocenters. The maximum atomic E-state index is 13.3. The van der Waals surface area contributed by atoms with Crippen LogP contribution in [0.25, 0.3) is 0 Å². The highest BCUT2D eigenvalue weighted by Crippen LogP contribution is 2.28. The average molecular weight is 432 g/mol. The first-order valence-corrected chi connectivity index (χ1v) is 12.0. The van der Waals surface area contributed by atoms with Crippen LogP contribution in [0, 0.1) is 11.3 Å². The summed E-state index contributed by atoms with van der Waals surface area (Å²) in [5.74, 6) is 1.39. The van der Waals surface area contributed by atoms with Crippen LogP contribution < -0.4 is 10.6 Å². The Morgan fingerprint density at radius 2 is 1.84 bits per heavy atom. The van der Waals surface area contributed by atoms with Gasteiger partial charge in [-0.2, -0.15) is 0 Å². The van der Waals surface area contributed by atoms with Crippen molar-refractivity contribution in [1.82, 2.24) is 25.1 Å². The summed E-state index contributed by atoms with van der Waals surface area (Å²) in [6.07, 6.45) is 9.83. The van der Waals surface area contributed by atoms with Crippen molar-refractivity contribution < 1.29 is 9.59 Å². The number of nitrogens with zero attached hydrogens (tertiary/aromatic N) is 3. The Labute approximate surface area is 187 Å². The third-order valence-corrected chi connectivity index (χ3v) is 6.86. The molecule has 0 radical (unpaired) electrons. The van der Waals surface area contributed by atoms with Crippen molar-refractivity contribution in [2.75, 3.05) is 20.6 Å². The quantitative estimate of drug-likeness (QED) is 0.725. The van der Waals surface area contributed by atoms with Crippen molar-refractivity contribution in [3.8, 4) is 0 Å². The molecule has 0 aromatic carbocycles.